The number of methoxy groups -OCH3 is 1. The zero-order valence-corrected chi connectivity index (χ0v) is 23.1. The zero-order chi connectivity index (χ0) is 26.9. The van der Waals surface area contributed by atoms with Crippen molar-refractivity contribution in [2.45, 2.75) is 38.6 Å². The van der Waals surface area contributed by atoms with Crippen molar-refractivity contribution >= 4 is 33.4 Å². The Bertz CT molecular complexity index is 1320. The molecule has 38 heavy (non-hydrogen) atoms. The lowest BCUT2D eigenvalue weighted by Gasteiger charge is -2.37. The van der Waals surface area contributed by atoms with Crippen molar-refractivity contribution in [3.8, 4) is 11.5 Å². The van der Waals surface area contributed by atoms with E-state index in [9.17, 15) is 14.7 Å². The van der Waals surface area contributed by atoms with Gasteiger partial charge in [0.05, 0.1) is 69.5 Å². The summed E-state index contributed by atoms with van der Waals surface area (Å²) in [7, 11) is 6.18. The number of carboxylic acid groups (broad SMARTS) is 1. The van der Waals surface area contributed by atoms with Crippen LogP contribution in [0.2, 0.25) is 0 Å². The van der Waals surface area contributed by atoms with Gasteiger partial charge in [0.1, 0.15) is 5.01 Å². The van der Waals surface area contributed by atoms with Gasteiger partial charge in [-0.2, -0.15) is 0 Å². The molecule has 5 rings (SSSR count). The Hall–Kier alpha value is -3.17. The van der Waals surface area contributed by atoms with Gasteiger partial charge in [0.25, 0.3) is 0 Å². The number of quaternary nitrogens is 1. The van der Waals surface area contributed by atoms with E-state index in [4.69, 9.17) is 14.5 Å². The molecule has 2 aliphatic rings. The van der Waals surface area contributed by atoms with Gasteiger partial charge < -0.3 is 24.4 Å². The quantitative estimate of drug-likeness (QED) is 0.399. The normalized spacial score (nSPS) is 18.2. The fourth-order valence-corrected chi connectivity index (χ4v) is 6.64. The summed E-state index contributed by atoms with van der Waals surface area (Å²) >= 11 is 1.49. The molecule has 2 heterocycles. The van der Waals surface area contributed by atoms with Crippen molar-refractivity contribution in [1.29, 1.82) is 0 Å². The highest BCUT2D eigenvalue weighted by Crippen LogP contribution is 2.40. The van der Waals surface area contributed by atoms with Crippen LogP contribution in [-0.4, -0.2) is 67.4 Å². The number of carbonyl (C=O) groups excluding carboxylic acids is 1. The Kier molecular flexibility index (Phi) is 7.33. The van der Waals surface area contributed by atoms with Gasteiger partial charge in [-0.3, -0.25) is 9.59 Å². The van der Waals surface area contributed by atoms with Crippen molar-refractivity contribution in [2.24, 2.45) is 11.3 Å². The second-order valence-electron chi connectivity index (χ2n) is 11.4. The van der Waals surface area contributed by atoms with Gasteiger partial charge >= 0.3 is 5.97 Å². The summed E-state index contributed by atoms with van der Waals surface area (Å²) in [6.45, 7) is 3.21. The summed E-state index contributed by atoms with van der Waals surface area (Å²) in [4.78, 5) is 29.8. The highest BCUT2D eigenvalue weighted by atomic mass is 32.1. The SMILES string of the molecule is COc1cc2sc(CNC(=O)C3(CC(=O)O)Cc4ccccc4C3)nc2cc1OCC1CC[N+](C)(C)CC1. The minimum Gasteiger partial charge on any atom is -0.493 e. The Morgan fingerprint density at radius 1 is 1.13 bits per heavy atom. The molecule has 202 valence electrons. The lowest BCUT2D eigenvalue weighted by Crippen LogP contribution is -2.46. The van der Waals surface area contributed by atoms with E-state index in [0.29, 0.717) is 36.9 Å². The number of piperidine rings is 1. The molecule has 1 aliphatic heterocycles. The van der Waals surface area contributed by atoms with Gasteiger partial charge in [-0.25, -0.2) is 4.98 Å². The van der Waals surface area contributed by atoms with Crippen LogP contribution < -0.4 is 14.8 Å². The summed E-state index contributed by atoms with van der Waals surface area (Å²) in [5.74, 6) is 0.676. The number of carbonyl (C=O) groups is 2. The van der Waals surface area contributed by atoms with Gasteiger partial charge in [0, 0.05) is 30.9 Å². The van der Waals surface area contributed by atoms with Crippen molar-refractivity contribution in [3.63, 3.8) is 0 Å². The molecule has 1 aliphatic carbocycles. The molecule has 0 bridgehead atoms. The van der Waals surface area contributed by atoms with E-state index in [1.165, 1.54) is 11.3 Å². The third-order valence-corrected chi connectivity index (χ3v) is 9.04. The number of rotatable bonds is 9. The number of thiazole rings is 1. The zero-order valence-electron chi connectivity index (χ0n) is 22.3. The lowest BCUT2D eigenvalue weighted by molar-refractivity contribution is -0.896. The number of likely N-dealkylation sites (tertiary alicyclic amines) is 1. The fourth-order valence-electron chi connectivity index (χ4n) is 5.72. The maximum absolute atomic E-state index is 13.4. The molecular weight excluding hydrogens is 502 g/mol. The number of carboxylic acids is 1. The van der Waals surface area contributed by atoms with Crippen LogP contribution in [0.15, 0.2) is 36.4 Å². The molecule has 1 saturated heterocycles. The van der Waals surface area contributed by atoms with Crippen LogP contribution in [0.4, 0.5) is 0 Å². The van der Waals surface area contributed by atoms with Crippen LogP contribution in [-0.2, 0) is 29.0 Å². The molecule has 0 spiro atoms. The van der Waals surface area contributed by atoms with Gasteiger partial charge in [0.15, 0.2) is 11.5 Å². The molecule has 3 aromatic rings. The Labute approximate surface area is 227 Å². The molecule has 8 nitrogen and oxygen atoms in total. The molecule has 0 unspecified atom stereocenters. The number of fused-ring (bicyclic) bond motifs is 2. The third kappa shape index (κ3) is 5.63. The topological polar surface area (TPSA) is 97.8 Å². The summed E-state index contributed by atoms with van der Waals surface area (Å²) in [6, 6.07) is 11.7. The summed E-state index contributed by atoms with van der Waals surface area (Å²) < 4.78 is 13.8. The van der Waals surface area contributed by atoms with Gasteiger partial charge in [-0.1, -0.05) is 24.3 Å². The van der Waals surface area contributed by atoms with Crippen molar-refractivity contribution in [1.82, 2.24) is 10.3 Å². The van der Waals surface area contributed by atoms with Crippen LogP contribution in [0.3, 0.4) is 0 Å². The second kappa shape index (κ2) is 10.5. The summed E-state index contributed by atoms with van der Waals surface area (Å²) in [6.07, 6.45) is 2.94. The van der Waals surface area contributed by atoms with E-state index in [1.807, 2.05) is 36.4 Å². The van der Waals surface area contributed by atoms with E-state index in [-0.39, 0.29) is 18.9 Å². The highest BCUT2D eigenvalue weighted by Gasteiger charge is 2.45. The molecule has 0 saturated carbocycles. The molecule has 2 N–H and O–H groups in total. The van der Waals surface area contributed by atoms with Crippen molar-refractivity contribution in [3.05, 3.63) is 52.5 Å². The number of ether oxygens (including phenoxy) is 2. The number of benzene rings is 2. The standard InChI is InChI=1S/C29H35N3O5S/c1-32(2)10-8-19(9-11-32)18-37-24-12-22-25(13-23(24)36-3)38-26(31-22)17-30-28(35)29(16-27(33)34)14-20-6-4-5-7-21(20)15-29/h4-7,12-13,19H,8-11,14-18H2,1-3H3,(H-,30,33,34,35)/p+1. The fraction of sp³-hybridized carbons (Fsp3) is 0.483. The second-order valence-corrected chi connectivity index (χ2v) is 12.5. The molecule has 2 aromatic carbocycles. The van der Waals surface area contributed by atoms with E-state index in [1.54, 1.807) is 7.11 Å². The van der Waals surface area contributed by atoms with Crippen LogP contribution in [0, 0.1) is 11.3 Å². The van der Waals surface area contributed by atoms with Crippen LogP contribution in [0.1, 0.15) is 35.4 Å². The summed E-state index contributed by atoms with van der Waals surface area (Å²) in [5, 5.41) is 13.3. The largest absolute Gasteiger partial charge is 0.493 e. The number of nitrogens with zero attached hydrogens (tertiary/aromatic N) is 2. The smallest absolute Gasteiger partial charge is 0.304 e. The number of amides is 1. The molecule has 0 atom stereocenters. The maximum atomic E-state index is 13.4. The molecule has 0 radical (unpaired) electrons. The van der Waals surface area contributed by atoms with E-state index < -0.39 is 11.4 Å². The Balaban J connectivity index is 1.26. The number of aromatic nitrogens is 1. The molecule has 1 aromatic heterocycles. The van der Waals surface area contributed by atoms with Crippen LogP contribution in [0.5, 0.6) is 11.5 Å². The van der Waals surface area contributed by atoms with Crippen LogP contribution >= 0.6 is 11.3 Å². The van der Waals surface area contributed by atoms with E-state index in [0.717, 1.165) is 56.8 Å². The predicted octanol–water partition coefficient (Wildman–Crippen LogP) is 4.05. The molecule has 1 amide bonds. The number of nitrogens with one attached hydrogen (secondary N) is 1. The van der Waals surface area contributed by atoms with Crippen LogP contribution in [0.25, 0.3) is 10.2 Å². The third-order valence-electron chi connectivity index (χ3n) is 8.03. The first kappa shape index (κ1) is 26.4. The minimum atomic E-state index is -0.982. The average molecular weight is 539 g/mol. The first-order valence-electron chi connectivity index (χ1n) is 13.2. The number of hydrogen-bond donors (Lipinski definition) is 2. The average Bonchev–Trinajstić information content (AvgIpc) is 3.46. The van der Waals surface area contributed by atoms with Crippen molar-refractivity contribution < 1.29 is 28.7 Å². The van der Waals surface area contributed by atoms with Crippen molar-refractivity contribution in [2.75, 3.05) is 40.9 Å². The minimum absolute atomic E-state index is 0.206. The Morgan fingerprint density at radius 3 is 2.45 bits per heavy atom. The van der Waals surface area contributed by atoms with Gasteiger partial charge in [-0.05, 0) is 24.0 Å². The predicted molar refractivity (Wildman–Crippen MR) is 147 cm³/mol. The Morgan fingerprint density at radius 2 is 1.82 bits per heavy atom. The van der Waals surface area contributed by atoms with E-state index >= 15 is 0 Å². The first-order chi connectivity index (χ1) is 18.2. The van der Waals surface area contributed by atoms with Gasteiger partial charge in [0.2, 0.25) is 5.91 Å². The lowest BCUT2D eigenvalue weighted by atomic mass is 9.80. The summed E-state index contributed by atoms with van der Waals surface area (Å²) in [5.41, 5.74) is 1.90. The first-order valence-corrected chi connectivity index (χ1v) is 14.0. The highest BCUT2D eigenvalue weighted by molar-refractivity contribution is 7.18. The maximum Gasteiger partial charge on any atom is 0.304 e. The monoisotopic (exact) mass is 538 g/mol. The number of hydrogen-bond acceptors (Lipinski definition) is 6. The number of aliphatic carboxylic acids is 1. The molecular formula is C29H36N3O5S+. The van der Waals surface area contributed by atoms with Gasteiger partial charge in [-0.15, -0.1) is 11.3 Å². The van der Waals surface area contributed by atoms with E-state index in [2.05, 4.69) is 19.4 Å². The molecule has 1 fully saturated rings. The molecule has 9 heteroatoms.